The molecule has 4 heteroatoms. The van der Waals surface area contributed by atoms with Gasteiger partial charge in [-0.25, -0.2) is 4.79 Å². The van der Waals surface area contributed by atoms with Gasteiger partial charge >= 0.3 is 5.97 Å². The summed E-state index contributed by atoms with van der Waals surface area (Å²) in [6, 6.07) is 15.0. The Morgan fingerprint density at radius 1 is 1.05 bits per heavy atom. The minimum Gasteiger partial charge on any atom is -0.466 e. The van der Waals surface area contributed by atoms with Gasteiger partial charge in [0.05, 0.1) is 7.11 Å². The number of aryl methyl sites for hydroxylation is 1. The highest BCUT2D eigenvalue weighted by molar-refractivity contribution is 6.16. The number of ether oxygens (including phenoxy) is 1. The number of benzene rings is 2. The molecule has 2 rings (SSSR count). The van der Waals surface area contributed by atoms with Crippen molar-refractivity contribution >= 4 is 11.8 Å². The van der Waals surface area contributed by atoms with Crippen molar-refractivity contribution in [3.8, 4) is 0 Å². The summed E-state index contributed by atoms with van der Waals surface area (Å²) in [5, 5.41) is 10.9. The Morgan fingerprint density at radius 2 is 1.64 bits per heavy atom. The average Bonchev–Trinajstić information content (AvgIpc) is 2.60. The standard InChI is InChI=1S/C18H18O4/c1-3-13-9-7-8-12-15(13)16(19)18(21,17(20)22-2)14-10-5-4-6-11-14/h4-12,21H,3H2,1-2H3. The fourth-order valence-electron chi connectivity index (χ4n) is 2.41. The van der Waals surface area contributed by atoms with Gasteiger partial charge in [-0.2, -0.15) is 0 Å². The van der Waals surface area contributed by atoms with Gasteiger partial charge in [-0.05, 0) is 12.0 Å². The zero-order valence-electron chi connectivity index (χ0n) is 12.6. The summed E-state index contributed by atoms with van der Waals surface area (Å²) in [5.41, 5.74) is -1.06. The van der Waals surface area contributed by atoms with Crippen LogP contribution < -0.4 is 0 Å². The number of methoxy groups -OCH3 is 1. The fraction of sp³-hybridized carbons (Fsp3) is 0.222. The van der Waals surface area contributed by atoms with Crippen LogP contribution in [0.25, 0.3) is 0 Å². The van der Waals surface area contributed by atoms with E-state index in [1.165, 1.54) is 12.1 Å². The smallest absolute Gasteiger partial charge is 0.350 e. The molecular formula is C18H18O4. The van der Waals surface area contributed by atoms with E-state index in [1.807, 2.05) is 13.0 Å². The molecule has 1 atom stereocenters. The summed E-state index contributed by atoms with van der Waals surface area (Å²) in [7, 11) is 1.15. The number of aliphatic hydroxyl groups is 1. The van der Waals surface area contributed by atoms with Gasteiger partial charge < -0.3 is 9.84 Å². The maximum Gasteiger partial charge on any atom is 0.350 e. The molecule has 2 aromatic carbocycles. The molecule has 0 radical (unpaired) electrons. The van der Waals surface area contributed by atoms with Crippen molar-refractivity contribution in [3.05, 3.63) is 71.3 Å². The molecule has 0 aliphatic carbocycles. The lowest BCUT2D eigenvalue weighted by Gasteiger charge is -2.25. The molecule has 0 aliphatic rings. The predicted octanol–water partition coefficient (Wildman–Crippen LogP) is 2.49. The second-order valence-electron chi connectivity index (χ2n) is 4.91. The second kappa shape index (κ2) is 6.54. The fourth-order valence-corrected chi connectivity index (χ4v) is 2.41. The molecule has 0 amide bonds. The molecule has 0 spiro atoms. The van der Waals surface area contributed by atoms with Crippen LogP contribution in [0.2, 0.25) is 0 Å². The minimum atomic E-state index is -2.35. The number of hydrogen-bond acceptors (Lipinski definition) is 4. The van der Waals surface area contributed by atoms with E-state index < -0.39 is 17.4 Å². The Labute approximate surface area is 129 Å². The summed E-state index contributed by atoms with van der Waals surface area (Å²) in [6.45, 7) is 1.91. The zero-order chi connectivity index (χ0) is 16.2. The third kappa shape index (κ3) is 2.65. The first-order chi connectivity index (χ1) is 10.6. The summed E-state index contributed by atoms with van der Waals surface area (Å²) in [6.07, 6.45) is 0.619. The van der Waals surface area contributed by atoms with Crippen LogP contribution in [0.1, 0.15) is 28.4 Å². The second-order valence-corrected chi connectivity index (χ2v) is 4.91. The normalized spacial score (nSPS) is 13.2. The van der Waals surface area contributed by atoms with Gasteiger partial charge in [-0.3, -0.25) is 4.79 Å². The Bertz CT molecular complexity index is 678. The van der Waals surface area contributed by atoms with Crippen molar-refractivity contribution in [2.45, 2.75) is 18.9 Å². The summed E-state index contributed by atoms with van der Waals surface area (Å²) < 4.78 is 4.68. The lowest BCUT2D eigenvalue weighted by Crippen LogP contribution is -2.45. The molecule has 0 fully saturated rings. The molecule has 0 aliphatic heterocycles. The van der Waals surface area contributed by atoms with Crippen LogP contribution in [0.3, 0.4) is 0 Å². The van der Waals surface area contributed by atoms with Crippen molar-refractivity contribution in [2.75, 3.05) is 7.11 Å². The van der Waals surface area contributed by atoms with Crippen LogP contribution in [-0.2, 0) is 21.6 Å². The van der Waals surface area contributed by atoms with Gasteiger partial charge in [0, 0.05) is 11.1 Å². The molecule has 1 N–H and O–H groups in total. The molecule has 4 nitrogen and oxygen atoms in total. The van der Waals surface area contributed by atoms with E-state index in [9.17, 15) is 14.7 Å². The number of rotatable bonds is 5. The summed E-state index contributed by atoms with van der Waals surface area (Å²) in [5.74, 6) is -1.67. The predicted molar refractivity (Wildman–Crippen MR) is 82.5 cm³/mol. The van der Waals surface area contributed by atoms with Crippen molar-refractivity contribution in [1.29, 1.82) is 0 Å². The number of ketones is 1. The first-order valence-corrected chi connectivity index (χ1v) is 7.04. The average molecular weight is 298 g/mol. The maximum absolute atomic E-state index is 12.9. The zero-order valence-corrected chi connectivity index (χ0v) is 12.6. The number of carbonyl (C=O) groups excluding carboxylic acids is 2. The minimum absolute atomic E-state index is 0.192. The summed E-state index contributed by atoms with van der Waals surface area (Å²) in [4.78, 5) is 25.1. The van der Waals surface area contributed by atoms with E-state index in [2.05, 4.69) is 4.74 Å². The van der Waals surface area contributed by atoms with Crippen molar-refractivity contribution in [2.24, 2.45) is 0 Å². The van der Waals surface area contributed by atoms with Gasteiger partial charge in [-0.15, -0.1) is 0 Å². The lowest BCUT2D eigenvalue weighted by atomic mass is 9.84. The molecule has 1 unspecified atom stereocenters. The Kier molecular flexibility index (Phi) is 4.73. The van der Waals surface area contributed by atoms with E-state index in [-0.39, 0.29) is 5.56 Å². The number of esters is 1. The molecule has 2 aromatic rings. The van der Waals surface area contributed by atoms with Crippen LogP contribution >= 0.6 is 0 Å². The number of hydrogen-bond donors (Lipinski definition) is 1. The van der Waals surface area contributed by atoms with Gasteiger partial charge in [-0.1, -0.05) is 61.5 Å². The van der Waals surface area contributed by atoms with Crippen LogP contribution in [0, 0.1) is 0 Å². The number of carbonyl (C=O) groups is 2. The largest absolute Gasteiger partial charge is 0.466 e. The van der Waals surface area contributed by atoms with Crippen LogP contribution in [0.15, 0.2) is 54.6 Å². The van der Waals surface area contributed by atoms with Crippen molar-refractivity contribution in [3.63, 3.8) is 0 Å². The molecular weight excluding hydrogens is 280 g/mol. The molecule has 114 valence electrons. The van der Waals surface area contributed by atoms with Gasteiger partial charge in [0.1, 0.15) is 0 Å². The topological polar surface area (TPSA) is 63.6 Å². The van der Waals surface area contributed by atoms with E-state index >= 15 is 0 Å². The third-order valence-electron chi connectivity index (χ3n) is 3.64. The third-order valence-corrected chi connectivity index (χ3v) is 3.64. The Hall–Kier alpha value is -2.46. The van der Waals surface area contributed by atoms with Gasteiger partial charge in [0.2, 0.25) is 5.78 Å². The Morgan fingerprint density at radius 3 is 2.23 bits per heavy atom. The van der Waals surface area contributed by atoms with E-state index in [0.29, 0.717) is 12.0 Å². The quantitative estimate of drug-likeness (QED) is 0.523. The summed E-state index contributed by atoms with van der Waals surface area (Å²) >= 11 is 0. The number of Topliss-reactive ketones (excluding diaryl/α,β-unsaturated/α-hetero) is 1. The van der Waals surface area contributed by atoms with Crippen LogP contribution in [-0.4, -0.2) is 24.0 Å². The first-order valence-electron chi connectivity index (χ1n) is 7.04. The highest BCUT2D eigenvalue weighted by Gasteiger charge is 2.47. The molecule has 0 saturated carbocycles. The van der Waals surface area contributed by atoms with E-state index in [1.54, 1.807) is 36.4 Å². The Balaban J connectivity index is 2.60. The van der Waals surface area contributed by atoms with Crippen LogP contribution in [0.5, 0.6) is 0 Å². The van der Waals surface area contributed by atoms with E-state index in [4.69, 9.17) is 0 Å². The SMILES string of the molecule is CCc1ccccc1C(=O)C(O)(C(=O)OC)c1ccccc1. The van der Waals surface area contributed by atoms with Crippen molar-refractivity contribution < 1.29 is 19.4 Å². The molecule has 22 heavy (non-hydrogen) atoms. The van der Waals surface area contributed by atoms with Crippen molar-refractivity contribution in [1.82, 2.24) is 0 Å². The van der Waals surface area contributed by atoms with Gasteiger partial charge in [0.15, 0.2) is 0 Å². The first kappa shape index (κ1) is 15.9. The monoisotopic (exact) mass is 298 g/mol. The highest BCUT2D eigenvalue weighted by Crippen LogP contribution is 2.29. The molecule has 0 saturated heterocycles. The van der Waals surface area contributed by atoms with E-state index in [0.717, 1.165) is 12.7 Å². The lowest BCUT2D eigenvalue weighted by molar-refractivity contribution is -0.158. The van der Waals surface area contributed by atoms with Gasteiger partial charge in [0.25, 0.3) is 5.60 Å². The molecule has 0 aromatic heterocycles. The van der Waals surface area contributed by atoms with Crippen LogP contribution in [0.4, 0.5) is 0 Å². The highest BCUT2D eigenvalue weighted by atomic mass is 16.5. The molecule has 0 heterocycles. The molecule has 0 bridgehead atoms. The maximum atomic E-state index is 12.9.